The number of halogens is 1. The van der Waals surface area contributed by atoms with Crippen molar-refractivity contribution >= 4 is 11.7 Å². The lowest BCUT2D eigenvalue weighted by Crippen LogP contribution is -2.25. The Labute approximate surface area is 75.2 Å². The van der Waals surface area contributed by atoms with Gasteiger partial charge in [0.15, 0.2) is 0 Å². The Morgan fingerprint density at radius 1 is 1.62 bits per heavy atom. The van der Waals surface area contributed by atoms with Crippen LogP contribution in [0.2, 0.25) is 0 Å². The van der Waals surface area contributed by atoms with E-state index in [4.69, 9.17) is 5.11 Å². The van der Waals surface area contributed by atoms with Gasteiger partial charge in [0.1, 0.15) is 11.9 Å². The molecule has 0 amide bonds. The largest absolute Gasteiger partial charge is 0.480 e. The molecule has 0 fully saturated rings. The Hall–Kier alpha value is -1.58. The zero-order valence-corrected chi connectivity index (χ0v) is 7.12. The first kappa shape index (κ1) is 9.51. The Kier molecular flexibility index (Phi) is 2.84. The van der Waals surface area contributed by atoms with Gasteiger partial charge in [0.25, 0.3) is 0 Å². The summed E-state index contributed by atoms with van der Waals surface area (Å²) < 4.78 is 12.6. The third kappa shape index (κ3) is 2.74. The lowest BCUT2D eigenvalue weighted by atomic mass is 10.2. The number of carboxylic acids is 1. The van der Waals surface area contributed by atoms with E-state index in [1.54, 1.807) is 6.07 Å². The standard InChI is InChI=1S/C9H10FNO2/c1-6(9(12)13)11-8-4-2-3-7(10)5-8/h2-6,11H,1H3,(H,12,13). The SMILES string of the molecule is CC(Nc1cccc(F)c1)C(=O)O. The molecule has 1 unspecified atom stereocenters. The fourth-order valence-corrected chi connectivity index (χ4v) is 0.890. The lowest BCUT2D eigenvalue weighted by Gasteiger charge is -2.09. The number of hydrogen-bond acceptors (Lipinski definition) is 2. The van der Waals surface area contributed by atoms with Crippen molar-refractivity contribution in [3.8, 4) is 0 Å². The number of carboxylic acid groups (broad SMARTS) is 1. The smallest absolute Gasteiger partial charge is 0.325 e. The second kappa shape index (κ2) is 3.89. The fourth-order valence-electron chi connectivity index (χ4n) is 0.890. The van der Waals surface area contributed by atoms with Crippen LogP contribution in [0, 0.1) is 5.82 Å². The zero-order chi connectivity index (χ0) is 9.84. The van der Waals surface area contributed by atoms with Gasteiger partial charge in [-0.05, 0) is 25.1 Å². The first-order valence-corrected chi connectivity index (χ1v) is 3.84. The predicted octanol–water partition coefficient (Wildman–Crippen LogP) is 1.71. The van der Waals surface area contributed by atoms with E-state index in [9.17, 15) is 9.18 Å². The van der Waals surface area contributed by atoms with Crippen LogP contribution in [0.15, 0.2) is 24.3 Å². The van der Waals surface area contributed by atoms with Crippen LogP contribution in [-0.2, 0) is 4.79 Å². The Morgan fingerprint density at radius 3 is 2.85 bits per heavy atom. The monoisotopic (exact) mass is 183 g/mol. The van der Waals surface area contributed by atoms with E-state index < -0.39 is 12.0 Å². The summed E-state index contributed by atoms with van der Waals surface area (Å²) in [6, 6.07) is 4.96. The third-order valence-corrected chi connectivity index (χ3v) is 1.58. The highest BCUT2D eigenvalue weighted by Crippen LogP contribution is 2.10. The van der Waals surface area contributed by atoms with Gasteiger partial charge in [0.05, 0.1) is 0 Å². The van der Waals surface area contributed by atoms with Gasteiger partial charge in [-0.1, -0.05) is 6.07 Å². The lowest BCUT2D eigenvalue weighted by molar-refractivity contribution is -0.137. The van der Waals surface area contributed by atoms with E-state index >= 15 is 0 Å². The minimum Gasteiger partial charge on any atom is -0.480 e. The van der Waals surface area contributed by atoms with Gasteiger partial charge in [0.2, 0.25) is 0 Å². The van der Waals surface area contributed by atoms with Crippen LogP contribution in [0.25, 0.3) is 0 Å². The predicted molar refractivity (Wildman–Crippen MR) is 47.1 cm³/mol. The third-order valence-electron chi connectivity index (χ3n) is 1.58. The summed E-state index contributed by atoms with van der Waals surface area (Å²) in [5.41, 5.74) is 0.468. The molecule has 0 spiro atoms. The highest BCUT2D eigenvalue weighted by atomic mass is 19.1. The molecule has 0 aliphatic carbocycles. The van der Waals surface area contributed by atoms with Crippen LogP contribution >= 0.6 is 0 Å². The molecule has 0 heterocycles. The highest BCUT2D eigenvalue weighted by Gasteiger charge is 2.09. The van der Waals surface area contributed by atoms with Crippen molar-refractivity contribution in [2.75, 3.05) is 5.32 Å². The van der Waals surface area contributed by atoms with Gasteiger partial charge in [-0.15, -0.1) is 0 Å². The van der Waals surface area contributed by atoms with Crippen molar-refractivity contribution in [1.82, 2.24) is 0 Å². The average molecular weight is 183 g/mol. The summed E-state index contributed by atoms with van der Waals surface area (Å²) in [6.07, 6.45) is 0. The summed E-state index contributed by atoms with van der Waals surface area (Å²) in [4.78, 5) is 10.4. The van der Waals surface area contributed by atoms with Gasteiger partial charge in [-0.25, -0.2) is 4.39 Å². The summed E-state index contributed by atoms with van der Waals surface area (Å²) in [6.45, 7) is 1.49. The number of hydrogen-bond donors (Lipinski definition) is 2. The second-order valence-corrected chi connectivity index (χ2v) is 2.71. The van der Waals surface area contributed by atoms with Crippen molar-refractivity contribution in [2.45, 2.75) is 13.0 Å². The van der Waals surface area contributed by atoms with E-state index in [0.717, 1.165) is 0 Å². The van der Waals surface area contributed by atoms with Crippen LogP contribution in [0.1, 0.15) is 6.92 Å². The van der Waals surface area contributed by atoms with E-state index in [1.165, 1.54) is 25.1 Å². The summed E-state index contributed by atoms with van der Waals surface area (Å²) >= 11 is 0. The number of carbonyl (C=O) groups is 1. The molecular formula is C9H10FNO2. The molecule has 0 aliphatic heterocycles. The van der Waals surface area contributed by atoms with Gasteiger partial charge >= 0.3 is 5.97 Å². The van der Waals surface area contributed by atoms with Gasteiger partial charge in [-0.3, -0.25) is 4.79 Å². The van der Waals surface area contributed by atoms with E-state index in [0.29, 0.717) is 5.69 Å². The molecule has 1 aromatic carbocycles. The van der Waals surface area contributed by atoms with Crippen LogP contribution in [0.4, 0.5) is 10.1 Å². The second-order valence-electron chi connectivity index (χ2n) is 2.71. The quantitative estimate of drug-likeness (QED) is 0.750. The number of anilines is 1. The Balaban J connectivity index is 2.69. The Bertz CT molecular complexity index is 314. The van der Waals surface area contributed by atoms with Crippen molar-refractivity contribution in [1.29, 1.82) is 0 Å². The van der Waals surface area contributed by atoms with Gasteiger partial charge in [0, 0.05) is 5.69 Å². The molecular weight excluding hydrogens is 173 g/mol. The van der Waals surface area contributed by atoms with E-state index in [2.05, 4.69) is 5.32 Å². The molecule has 0 radical (unpaired) electrons. The minimum absolute atomic E-state index is 0.386. The molecule has 70 valence electrons. The molecule has 13 heavy (non-hydrogen) atoms. The number of rotatable bonds is 3. The zero-order valence-electron chi connectivity index (χ0n) is 7.12. The Morgan fingerprint density at radius 2 is 2.31 bits per heavy atom. The molecule has 1 aromatic rings. The first-order chi connectivity index (χ1) is 6.09. The van der Waals surface area contributed by atoms with Crippen LogP contribution in [-0.4, -0.2) is 17.1 Å². The molecule has 0 aliphatic rings. The maximum Gasteiger partial charge on any atom is 0.325 e. The van der Waals surface area contributed by atoms with Crippen molar-refractivity contribution < 1.29 is 14.3 Å². The molecule has 4 heteroatoms. The maximum absolute atomic E-state index is 12.6. The van der Waals surface area contributed by atoms with Crippen molar-refractivity contribution in [3.05, 3.63) is 30.1 Å². The van der Waals surface area contributed by atoms with Crippen molar-refractivity contribution in [3.63, 3.8) is 0 Å². The molecule has 0 saturated carbocycles. The normalized spacial score (nSPS) is 12.2. The highest BCUT2D eigenvalue weighted by molar-refractivity contribution is 5.76. The maximum atomic E-state index is 12.6. The molecule has 3 nitrogen and oxygen atoms in total. The molecule has 0 bridgehead atoms. The van der Waals surface area contributed by atoms with Gasteiger partial charge < -0.3 is 10.4 Å². The molecule has 1 atom stereocenters. The van der Waals surface area contributed by atoms with Crippen LogP contribution in [0.5, 0.6) is 0 Å². The fraction of sp³-hybridized carbons (Fsp3) is 0.222. The number of aliphatic carboxylic acids is 1. The molecule has 1 rings (SSSR count). The van der Waals surface area contributed by atoms with E-state index in [1.807, 2.05) is 0 Å². The summed E-state index contributed by atoms with van der Waals surface area (Å²) in [7, 11) is 0. The first-order valence-electron chi connectivity index (χ1n) is 3.84. The van der Waals surface area contributed by atoms with Crippen LogP contribution < -0.4 is 5.32 Å². The van der Waals surface area contributed by atoms with Gasteiger partial charge in [-0.2, -0.15) is 0 Å². The topological polar surface area (TPSA) is 49.3 Å². The number of nitrogens with one attached hydrogen (secondary N) is 1. The van der Waals surface area contributed by atoms with E-state index in [-0.39, 0.29) is 5.82 Å². The van der Waals surface area contributed by atoms with Crippen LogP contribution in [0.3, 0.4) is 0 Å². The number of benzene rings is 1. The minimum atomic E-state index is -0.968. The molecule has 0 aromatic heterocycles. The average Bonchev–Trinajstić information content (AvgIpc) is 2.04. The summed E-state index contributed by atoms with van der Waals surface area (Å²) in [5, 5.41) is 11.2. The van der Waals surface area contributed by atoms with Crippen molar-refractivity contribution in [2.24, 2.45) is 0 Å². The summed E-state index contributed by atoms with van der Waals surface area (Å²) in [5.74, 6) is -1.35. The molecule has 2 N–H and O–H groups in total. The molecule has 0 saturated heterocycles.